The van der Waals surface area contributed by atoms with Crippen molar-refractivity contribution >= 4 is 7.52 Å². The van der Waals surface area contributed by atoms with Gasteiger partial charge in [0.05, 0.1) is 11.8 Å². The largest absolute Gasteiger partial charge is 0.316 e. The molecule has 0 saturated carbocycles. The molecule has 2 unspecified atom stereocenters. The number of nitrogens with zero attached hydrogens (tertiary/aromatic N) is 2. The summed E-state index contributed by atoms with van der Waals surface area (Å²) in [4.78, 5) is 2.69. The van der Waals surface area contributed by atoms with Crippen LogP contribution in [0, 0.1) is 5.41 Å². The van der Waals surface area contributed by atoms with Crippen molar-refractivity contribution in [1.29, 1.82) is 0 Å². The van der Waals surface area contributed by atoms with Crippen LogP contribution in [0.3, 0.4) is 0 Å². The molecule has 0 spiro atoms. The van der Waals surface area contributed by atoms with Gasteiger partial charge in [-0.25, -0.2) is 4.67 Å². The summed E-state index contributed by atoms with van der Waals surface area (Å²) in [7, 11) is -2.90. The Bertz CT molecular complexity index is 548. The van der Waals surface area contributed by atoms with Gasteiger partial charge in [0, 0.05) is 19.1 Å². The molecule has 31 heavy (non-hydrogen) atoms. The van der Waals surface area contributed by atoms with Gasteiger partial charge in [-0.2, -0.15) is 0 Å². The van der Waals surface area contributed by atoms with Crippen LogP contribution in [0.15, 0.2) is 0 Å². The summed E-state index contributed by atoms with van der Waals surface area (Å²) in [6, 6.07) is 0.675. The maximum absolute atomic E-state index is 14.4. The topological polar surface area (TPSA) is 32.8 Å². The molecule has 2 saturated heterocycles. The van der Waals surface area contributed by atoms with Gasteiger partial charge in [-0.15, -0.1) is 0 Å². The fourth-order valence-corrected chi connectivity index (χ4v) is 8.20. The lowest BCUT2D eigenvalue weighted by atomic mass is 9.81. The van der Waals surface area contributed by atoms with E-state index in [2.05, 4.69) is 51.1 Å². The summed E-state index contributed by atoms with van der Waals surface area (Å²) in [6.45, 7) is 18.2. The first-order valence-electron chi connectivity index (χ1n) is 13.4. The van der Waals surface area contributed by atoms with E-state index < -0.39 is 7.52 Å². The van der Waals surface area contributed by atoms with Gasteiger partial charge in [0.1, 0.15) is 0 Å². The summed E-state index contributed by atoms with van der Waals surface area (Å²) < 4.78 is 23.2. The second-order valence-electron chi connectivity index (χ2n) is 11.6. The molecule has 2 aliphatic rings. The molecular weight excluding hydrogens is 403 g/mol. The van der Waals surface area contributed by atoms with Gasteiger partial charge in [0.15, 0.2) is 0 Å². The van der Waals surface area contributed by atoms with E-state index >= 15 is 0 Å². The van der Waals surface area contributed by atoms with Crippen molar-refractivity contribution in [3.05, 3.63) is 0 Å². The third-order valence-corrected chi connectivity index (χ3v) is 11.0. The Balaban J connectivity index is 2.00. The van der Waals surface area contributed by atoms with Crippen molar-refractivity contribution in [2.45, 2.75) is 130 Å². The molecular formula is C26H53N2O2P. The fourth-order valence-electron chi connectivity index (χ4n) is 5.56. The van der Waals surface area contributed by atoms with E-state index in [9.17, 15) is 4.57 Å². The number of piperidine rings is 2. The van der Waals surface area contributed by atoms with Crippen LogP contribution in [-0.4, -0.2) is 53.6 Å². The SMILES string of the molecule is CCCCCCC(C)(CCC)COP(=O)(N1CCC(N2CCCCC2)CC1)C(C)(C)C. The highest BCUT2D eigenvalue weighted by Crippen LogP contribution is 2.63. The van der Waals surface area contributed by atoms with Gasteiger partial charge < -0.3 is 9.42 Å². The second-order valence-corrected chi connectivity index (χ2v) is 14.8. The molecule has 2 atom stereocenters. The highest BCUT2D eigenvalue weighted by molar-refractivity contribution is 7.58. The van der Waals surface area contributed by atoms with Gasteiger partial charge in [0.2, 0.25) is 0 Å². The molecule has 2 heterocycles. The summed E-state index contributed by atoms with van der Waals surface area (Å²) in [5, 5.41) is -0.347. The van der Waals surface area contributed by atoms with Crippen LogP contribution in [0.1, 0.15) is 119 Å². The van der Waals surface area contributed by atoms with Crippen LogP contribution < -0.4 is 0 Å². The molecule has 2 rings (SSSR count). The Morgan fingerprint density at radius 2 is 1.48 bits per heavy atom. The van der Waals surface area contributed by atoms with Crippen molar-refractivity contribution < 1.29 is 9.09 Å². The summed E-state index contributed by atoms with van der Waals surface area (Å²) >= 11 is 0. The molecule has 4 nitrogen and oxygen atoms in total. The van der Waals surface area contributed by atoms with E-state index in [0.717, 1.165) is 38.8 Å². The minimum absolute atomic E-state index is 0.134. The molecule has 5 heteroatoms. The highest BCUT2D eigenvalue weighted by Gasteiger charge is 2.46. The zero-order valence-corrected chi connectivity index (χ0v) is 22.7. The van der Waals surface area contributed by atoms with E-state index in [1.165, 1.54) is 64.5 Å². The number of likely N-dealkylation sites (tertiary alicyclic amines) is 1. The monoisotopic (exact) mass is 456 g/mol. The Morgan fingerprint density at radius 3 is 2.03 bits per heavy atom. The number of hydrogen-bond donors (Lipinski definition) is 0. The van der Waals surface area contributed by atoms with Gasteiger partial charge in [-0.05, 0) is 77.8 Å². The smallest absolute Gasteiger partial charge is 0.277 e. The van der Waals surface area contributed by atoms with E-state index in [1.807, 2.05) is 0 Å². The lowest BCUT2D eigenvalue weighted by Gasteiger charge is -2.46. The molecule has 0 aromatic heterocycles. The van der Waals surface area contributed by atoms with Crippen molar-refractivity contribution in [2.75, 3.05) is 32.8 Å². The highest BCUT2D eigenvalue weighted by atomic mass is 31.2. The first kappa shape index (κ1) is 27.4. The van der Waals surface area contributed by atoms with Crippen molar-refractivity contribution in [1.82, 2.24) is 9.57 Å². The Kier molecular flexibility index (Phi) is 11.1. The van der Waals surface area contributed by atoms with Gasteiger partial charge in [-0.1, -0.05) is 59.3 Å². The minimum atomic E-state index is -2.90. The average Bonchev–Trinajstić information content (AvgIpc) is 2.75. The Labute approximate surface area is 194 Å². The van der Waals surface area contributed by atoms with Crippen LogP contribution in [0.5, 0.6) is 0 Å². The van der Waals surface area contributed by atoms with Crippen LogP contribution >= 0.6 is 7.52 Å². The third-order valence-electron chi connectivity index (χ3n) is 7.64. The first-order chi connectivity index (χ1) is 14.6. The molecule has 0 aromatic carbocycles. The third kappa shape index (κ3) is 7.83. The number of hydrogen-bond acceptors (Lipinski definition) is 3. The Morgan fingerprint density at radius 1 is 0.839 bits per heavy atom. The maximum atomic E-state index is 14.4. The molecule has 184 valence electrons. The molecule has 0 radical (unpaired) electrons. The molecule has 0 amide bonds. The zero-order chi connectivity index (χ0) is 23.0. The van der Waals surface area contributed by atoms with Crippen LogP contribution in [-0.2, 0) is 9.09 Å². The van der Waals surface area contributed by atoms with E-state index in [4.69, 9.17) is 4.52 Å². The van der Waals surface area contributed by atoms with Gasteiger partial charge in [0.25, 0.3) is 7.52 Å². The molecule has 2 aliphatic heterocycles. The molecule has 0 aliphatic carbocycles. The summed E-state index contributed by atoms with van der Waals surface area (Å²) in [5.41, 5.74) is 0.134. The van der Waals surface area contributed by atoms with Crippen molar-refractivity contribution in [3.8, 4) is 0 Å². The van der Waals surface area contributed by atoms with E-state index in [-0.39, 0.29) is 10.6 Å². The lowest BCUT2D eigenvalue weighted by molar-refractivity contribution is 0.0944. The number of rotatable bonds is 12. The minimum Gasteiger partial charge on any atom is -0.316 e. The summed E-state index contributed by atoms with van der Waals surface area (Å²) in [6.07, 6.45) is 15.0. The molecule has 2 fully saturated rings. The van der Waals surface area contributed by atoms with E-state index in [1.54, 1.807) is 0 Å². The lowest BCUT2D eigenvalue weighted by Crippen LogP contribution is -2.47. The number of unbranched alkanes of at least 4 members (excludes halogenated alkanes) is 3. The Hall–Kier alpha value is 0.110. The molecule has 0 bridgehead atoms. The van der Waals surface area contributed by atoms with Crippen molar-refractivity contribution in [2.24, 2.45) is 5.41 Å². The van der Waals surface area contributed by atoms with Crippen LogP contribution in [0.25, 0.3) is 0 Å². The molecule has 0 aromatic rings. The predicted octanol–water partition coefficient (Wildman–Crippen LogP) is 7.72. The fraction of sp³-hybridized carbons (Fsp3) is 1.00. The standard InChI is InChI=1S/C26H53N2O2P/c1-7-9-10-12-18-26(6,17-8-2)23-30-31(29,25(3,4)5)28-21-15-24(16-22-28)27-19-13-11-14-20-27/h24H,7-23H2,1-6H3. The normalized spacial score (nSPS) is 24.1. The predicted molar refractivity (Wildman–Crippen MR) is 135 cm³/mol. The van der Waals surface area contributed by atoms with E-state index in [0.29, 0.717) is 12.6 Å². The average molecular weight is 457 g/mol. The second kappa shape index (κ2) is 12.5. The zero-order valence-electron chi connectivity index (χ0n) is 21.8. The van der Waals surface area contributed by atoms with Gasteiger partial charge >= 0.3 is 0 Å². The van der Waals surface area contributed by atoms with Crippen molar-refractivity contribution in [3.63, 3.8) is 0 Å². The van der Waals surface area contributed by atoms with Crippen LogP contribution in [0.2, 0.25) is 0 Å². The first-order valence-corrected chi connectivity index (χ1v) is 15.0. The maximum Gasteiger partial charge on any atom is 0.277 e. The summed E-state index contributed by atoms with van der Waals surface area (Å²) in [5.74, 6) is 0. The quantitative estimate of drug-likeness (QED) is 0.222. The van der Waals surface area contributed by atoms with Gasteiger partial charge in [-0.3, -0.25) is 4.57 Å². The molecule has 0 N–H and O–H groups in total. The van der Waals surface area contributed by atoms with Crippen LogP contribution in [0.4, 0.5) is 0 Å².